The van der Waals surface area contributed by atoms with E-state index in [2.05, 4.69) is 10.6 Å². The van der Waals surface area contributed by atoms with Crippen LogP contribution in [0.3, 0.4) is 0 Å². The molecule has 0 aliphatic heterocycles. The van der Waals surface area contributed by atoms with Gasteiger partial charge in [0.25, 0.3) is 0 Å². The highest BCUT2D eigenvalue weighted by Gasteiger charge is 2.23. The van der Waals surface area contributed by atoms with Crippen LogP contribution in [0.2, 0.25) is 0 Å². The number of carbonyl (C=O) groups is 1. The van der Waals surface area contributed by atoms with E-state index in [0.29, 0.717) is 0 Å². The van der Waals surface area contributed by atoms with Gasteiger partial charge in [0, 0.05) is 6.54 Å². The maximum Gasteiger partial charge on any atom is 0.325 e. The number of rotatable bonds is 5. The molecule has 0 unspecified atom stereocenters. The molecule has 0 saturated heterocycles. The van der Waals surface area contributed by atoms with Crippen molar-refractivity contribution in [1.82, 2.24) is 10.6 Å². The molecular weight excluding hydrogens is 353 g/mol. The van der Waals surface area contributed by atoms with Crippen molar-refractivity contribution in [1.29, 1.82) is 0 Å². The number of allylic oxidation sites excluding steroid dienone is 6. The minimum absolute atomic E-state index is 0.190. The fourth-order valence-corrected chi connectivity index (χ4v) is 3.10. The summed E-state index contributed by atoms with van der Waals surface area (Å²) in [6.45, 7) is 3.97. The zero-order chi connectivity index (χ0) is 19.4. The van der Waals surface area contributed by atoms with Gasteiger partial charge in [-0.1, -0.05) is 48.6 Å². The van der Waals surface area contributed by atoms with Crippen LogP contribution < -0.4 is 16.4 Å². The standard InChI is InChI=1S/C18H26N3O4P/c1-17(19)8-4-14-6-10-18(2,11-7-15(14)5-9-17)21-16(22)20-12-3-13-26(23,24)25/h4-11H,3,12-13,19H2,1-2H3,(H2,20,21,22)(H2,23,24,25). The van der Waals surface area contributed by atoms with Gasteiger partial charge in [0.1, 0.15) is 0 Å². The number of nitrogens with one attached hydrogen (secondary N) is 2. The Balaban J connectivity index is 1.96. The highest BCUT2D eigenvalue weighted by atomic mass is 31.2. The molecule has 142 valence electrons. The second-order valence-corrected chi connectivity index (χ2v) is 8.79. The molecule has 2 aliphatic rings. The van der Waals surface area contributed by atoms with Crippen LogP contribution in [0.15, 0.2) is 59.8 Å². The van der Waals surface area contributed by atoms with Gasteiger partial charge >= 0.3 is 13.6 Å². The van der Waals surface area contributed by atoms with Gasteiger partial charge in [-0.15, -0.1) is 0 Å². The van der Waals surface area contributed by atoms with Gasteiger partial charge in [0.15, 0.2) is 0 Å². The summed E-state index contributed by atoms with van der Waals surface area (Å²) in [7, 11) is -4.03. The summed E-state index contributed by atoms with van der Waals surface area (Å²) < 4.78 is 10.8. The van der Waals surface area contributed by atoms with E-state index in [0.717, 1.165) is 11.1 Å². The van der Waals surface area contributed by atoms with E-state index in [-0.39, 0.29) is 19.1 Å². The highest BCUT2D eigenvalue weighted by molar-refractivity contribution is 7.51. The molecule has 0 bridgehead atoms. The quantitative estimate of drug-likeness (QED) is 0.368. The lowest BCUT2D eigenvalue weighted by Gasteiger charge is -2.23. The Morgan fingerprint density at radius 1 is 1.08 bits per heavy atom. The topological polar surface area (TPSA) is 125 Å². The van der Waals surface area contributed by atoms with Crippen molar-refractivity contribution in [3.05, 3.63) is 59.8 Å². The monoisotopic (exact) mass is 379 g/mol. The first-order valence-corrected chi connectivity index (χ1v) is 10.2. The maximum absolute atomic E-state index is 12.1. The summed E-state index contributed by atoms with van der Waals surface area (Å²) in [5.41, 5.74) is 6.93. The lowest BCUT2D eigenvalue weighted by atomic mass is 10.0. The Hall–Kier alpha value is -1.92. The Labute approximate surface area is 153 Å². The number of hydrogen-bond donors (Lipinski definition) is 5. The van der Waals surface area contributed by atoms with Gasteiger partial charge in [-0.05, 0) is 31.4 Å². The van der Waals surface area contributed by atoms with E-state index in [1.165, 1.54) is 0 Å². The average molecular weight is 379 g/mol. The molecule has 0 heterocycles. The van der Waals surface area contributed by atoms with E-state index < -0.39 is 24.7 Å². The first-order chi connectivity index (χ1) is 12.0. The Morgan fingerprint density at radius 3 is 2.08 bits per heavy atom. The van der Waals surface area contributed by atoms with Gasteiger partial charge in [0.2, 0.25) is 0 Å². The second-order valence-electron chi connectivity index (χ2n) is 7.02. The molecule has 2 rings (SSSR count). The number of amides is 2. The first kappa shape index (κ1) is 20.4. The molecule has 6 N–H and O–H groups in total. The summed E-state index contributed by atoms with van der Waals surface area (Å²) in [5, 5.41) is 5.47. The minimum atomic E-state index is -4.03. The molecule has 0 saturated carbocycles. The Morgan fingerprint density at radius 2 is 1.58 bits per heavy atom. The smallest absolute Gasteiger partial charge is 0.325 e. The van der Waals surface area contributed by atoms with Crippen LogP contribution in [0.5, 0.6) is 0 Å². The van der Waals surface area contributed by atoms with Crippen molar-refractivity contribution >= 4 is 13.6 Å². The molecule has 0 radical (unpaired) electrons. The van der Waals surface area contributed by atoms with Gasteiger partial charge in [-0.2, -0.15) is 0 Å². The van der Waals surface area contributed by atoms with E-state index in [1.807, 2.05) is 62.5 Å². The summed E-state index contributed by atoms with van der Waals surface area (Å²) in [6.07, 6.45) is 15.4. The predicted molar refractivity (Wildman–Crippen MR) is 103 cm³/mol. The number of hydrogen-bond acceptors (Lipinski definition) is 3. The van der Waals surface area contributed by atoms with Gasteiger partial charge in [0.05, 0.1) is 17.2 Å². The predicted octanol–water partition coefficient (Wildman–Crippen LogP) is 1.88. The summed E-state index contributed by atoms with van der Waals surface area (Å²) in [5.74, 6) is 0. The molecule has 2 aliphatic carbocycles. The van der Waals surface area contributed by atoms with Gasteiger partial charge < -0.3 is 26.2 Å². The molecule has 2 amide bonds. The molecule has 0 aromatic carbocycles. The van der Waals surface area contributed by atoms with Gasteiger partial charge in [-0.3, -0.25) is 4.57 Å². The van der Waals surface area contributed by atoms with Crippen molar-refractivity contribution < 1.29 is 19.1 Å². The summed E-state index contributed by atoms with van der Waals surface area (Å²) >= 11 is 0. The third-order valence-electron chi connectivity index (χ3n) is 4.09. The van der Waals surface area contributed by atoms with Crippen LogP contribution >= 0.6 is 7.60 Å². The van der Waals surface area contributed by atoms with E-state index in [1.54, 1.807) is 0 Å². The fraction of sp³-hybridized carbons (Fsp3) is 0.389. The van der Waals surface area contributed by atoms with E-state index >= 15 is 0 Å². The lowest BCUT2D eigenvalue weighted by molar-refractivity contribution is 0.236. The van der Waals surface area contributed by atoms with Crippen molar-refractivity contribution in [2.24, 2.45) is 5.73 Å². The second kappa shape index (κ2) is 7.76. The Kier molecular flexibility index (Phi) is 6.09. The third-order valence-corrected chi connectivity index (χ3v) is 4.99. The number of urea groups is 1. The lowest BCUT2D eigenvalue weighted by Crippen LogP contribution is -2.48. The van der Waals surface area contributed by atoms with Crippen molar-refractivity contribution in [2.45, 2.75) is 31.3 Å². The summed E-state index contributed by atoms with van der Waals surface area (Å²) in [4.78, 5) is 29.7. The molecule has 7 nitrogen and oxygen atoms in total. The normalized spacial score (nSPS) is 20.3. The van der Waals surface area contributed by atoms with Crippen molar-refractivity contribution in [3.63, 3.8) is 0 Å². The average Bonchev–Trinajstić information content (AvgIpc) is 2.75. The van der Waals surface area contributed by atoms with E-state index in [9.17, 15) is 9.36 Å². The largest absolute Gasteiger partial charge is 0.338 e. The zero-order valence-corrected chi connectivity index (χ0v) is 15.9. The zero-order valence-electron chi connectivity index (χ0n) is 15.0. The molecule has 0 fully saturated rings. The van der Waals surface area contributed by atoms with Gasteiger partial charge in [-0.25, -0.2) is 4.79 Å². The molecular formula is C18H26N3O4P. The number of nitrogens with two attached hydrogens (primary N) is 1. The van der Waals surface area contributed by atoms with Crippen molar-refractivity contribution in [2.75, 3.05) is 12.7 Å². The maximum atomic E-state index is 12.1. The van der Waals surface area contributed by atoms with E-state index in [4.69, 9.17) is 15.5 Å². The molecule has 0 atom stereocenters. The van der Waals surface area contributed by atoms with Crippen LogP contribution in [0, 0.1) is 0 Å². The SMILES string of the molecule is CC1(N)C=CC2=C(C=C1)C=CC(C)(NC(=O)NCCCP(=O)(O)O)C=C2. The van der Waals surface area contributed by atoms with Crippen molar-refractivity contribution in [3.8, 4) is 0 Å². The van der Waals surface area contributed by atoms with Crippen LogP contribution in [-0.2, 0) is 4.57 Å². The molecule has 26 heavy (non-hydrogen) atoms. The summed E-state index contributed by atoms with van der Waals surface area (Å²) in [6, 6.07) is -0.398. The minimum Gasteiger partial charge on any atom is -0.338 e. The molecule has 8 heteroatoms. The van der Waals surface area contributed by atoms with Crippen LogP contribution in [0.4, 0.5) is 4.79 Å². The molecule has 0 aromatic rings. The fourth-order valence-electron chi connectivity index (χ4n) is 2.53. The molecule has 0 aromatic heterocycles. The van der Waals surface area contributed by atoms with Crippen LogP contribution in [0.25, 0.3) is 0 Å². The first-order valence-electron chi connectivity index (χ1n) is 8.39. The Bertz CT molecular complexity index is 720. The van der Waals surface area contributed by atoms with Crippen LogP contribution in [-0.4, -0.2) is 39.6 Å². The molecule has 0 spiro atoms. The third kappa shape index (κ3) is 6.42. The van der Waals surface area contributed by atoms with Crippen LogP contribution in [0.1, 0.15) is 20.3 Å². The highest BCUT2D eigenvalue weighted by Crippen LogP contribution is 2.34. The number of carbonyl (C=O) groups excluding carboxylic acids is 1.